The van der Waals surface area contributed by atoms with E-state index in [-0.39, 0.29) is 41.2 Å². The lowest BCUT2D eigenvalue weighted by atomic mass is 9.63. The molecule has 3 aliphatic carbocycles. The first-order valence-electron chi connectivity index (χ1n) is 9.58. The molecular weight excluding hydrogens is 410 g/mol. The van der Waals surface area contributed by atoms with Crippen LogP contribution in [0.1, 0.15) is 18.6 Å². The fraction of sp³-hybridized carbons (Fsp3) is 0.286. The molecule has 4 atom stereocenters. The molecule has 8 nitrogen and oxygen atoms in total. The maximum Gasteiger partial charge on any atom is 0.270 e. The summed E-state index contributed by atoms with van der Waals surface area (Å²) in [6.07, 6.45) is 7.25. The van der Waals surface area contributed by atoms with Crippen LogP contribution in [0, 0.1) is 33.8 Å². The van der Waals surface area contributed by atoms with Crippen molar-refractivity contribution in [2.45, 2.75) is 12.8 Å². The third kappa shape index (κ3) is 2.87. The molecule has 1 saturated heterocycles. The number of fused-ring (bicyclic) bond motifs is 1. The van der Waals surface area contributed by atoms with Gasteiger partial charge in [-0.3, -0.25) is 19.7 Å². The molecule has 152 valence electrons. The first-order valence-corrected chi connectivity index (χ1v) is 9.96. The maximum absolute atomic E-state index is 12.8. The monoisotopic (exact) mass is 425 g/mol. The number of hydrogen-bond acceptors (Lipinski definition) is 6. The van der Waals surface area contributed by atoms with Crippen LogP contribution in [0.4, 0.5) is 5.69 Å². The Morgan fingerprint density at radius 3 is 2.37 bits per heavy atom. The minimum absolute atomic E-state index is 0.0999. The van der Waals surface area contributed by atoms with Crippen LogP contribution in [0.25, 0.3) is 11.3 Å². The number of nitrogens with zero attached hydrogens (tertiary/aromatic N) is 3. The highest BCUT2D eigenvalue weighted by Gasteiger charge is 2.56. The molecule has 2 heterocycles. The van der Waals surface area contributed by atoms with E-state index in [1.165, 1.54) is 24.4 Å². The average Bonchev–Trinajstić information content (AvgIpc) is 3.32. The summed E-state index contributed by atoms with van der Waals surface area (Å²) in [7, 11) is 0. The van der Waals surface area contributed by atoms with Gasteiger partial charge in [0.25, 0.3) is 17.5 Å². The zero-order chi connectivity index (χ0) is 21.0. The van der Waals surface area contributed by atoms with Crippen LogP contribution in [0.3, 0.4) is 0 Å². The van der Waals surface area contributed by atoms with Crippen LogP contribution in [0.2, 0.25) is 5.02 Å². The van der Waals surface area contributed by atoms with Crippen LogP contribution in [-0.2, 0) is 9.59 Å². The molecule has 2 fully saturated rings. The quantitative estimate of drug-likeness (QED) is 0.241. The number of halogens is 1. The summed E-state index contributed by atoms with van der Waals surface area (Å²) in [5.41, 5.74) is 0.257. The fourth-order valence-electron chi connectivity index (χ4n) is 4.67. The van der Waals surface area contributed by atoms with Gasteiger partial charge in [-0.15, -0.1) is 0 Å². The van der Waals surface area contributed by atoms with E-state index < -0.39 is 4.92 Å². The highest BCUT2D eigenvalue weighted by Crippen LogP contribution is 2.49. The number of hydrogen-bond donors (Lipinski definition) is 0. The van der Waals surface area contributed by atoms with Crippen molar-refractivity contribution >= 4 is 35.3 Å². The molecule has 9 heteroatoms. The van der Waals surface area contributed by atoms with Gasteiger partial charge in [0.1, 0.15) is 11.5 Å². The van der Waals surface area contributed by atoms with E-state index in [9.17, 15) is 19.7 Å². The molecule has 6 rings (SSSR count). The van der Waals surface area contributed by atoms with Crippen LogP contribution in [0.15, 0.2) is 52.0 Å². The number of non-ortho nitro benzene ring substituents is 1. The molecule has 1 aromatic heterocycles. The van der Waals surface area contributed by atoms with Crippen molar-refractivity contribution in [1.82, 2.24) is 5.01 Å². The van der Waals surface area contributed by atoms with Gasteiger partial charge >= 0.3 is 0 Å². The van der Waals surface area contributed by atoms with Crippen molar-refractivity contribution < 1.29 is 18.9 Å². The lowest BCUT2D eigenvalue weighted by molar-refractivity contribution is -0.384. The minimum atomic E-state index is -0.517. The Bertz CT molecular complexity index is 1110. The summed E-state index contributed by atoms with van der Waals surface area (Å²) in [6.45, 7) is 0. The molecule has 1 aliphatic heterocycles. The Balaban J connectivity index is 1.39. The molecule has 4 aliphatic rings. The van der Waals surface area contributed by atoms with Crippen molar-refractivity contribution in [3.05, 3.63) is 63.4 Å². The van der Waals surface area contributed by atoms with E-state index in [0.29, 0.717) is 22.1 Å². The van der Waals surface area contributed by atoms with Gasteiger partial charge in [0.15, 0.2) is 0 Å². The topological polar surface area (TPSA) is 106 Å². The largest absolute Gasteiger partial charge is 0.455 e. The molecule has 0 unspecified atom stereocenters. The summed E-state index contributed by atoms with van der Waals surface area (Å²) in [5.74, 6) is -0.374. The highest BCUT2D eigenvalue weighted by atomic mass is 35.5. The van der Waals surface area contributed by atoms with Crippen LogP contribution in [0.5, 0.6) is 0 Å². The van der Waals surface area contributed by atoms with Crippen LogP contribution in [-0.4, -0.2) is 28.0 Å². The van der Waals surface area contributed by atoms with Gasteiger partial charge in [-0.1, -0.05) is 23.8 Å². The Labute approximate surface area is 175 Å². The predicted octanol–water partition coefficient (Wildman–Crippen LogP) is 4.04. The zero-order valence-electron chi connectivity index (χ0n) is 15.6. The van der Waals surface area contributed by atoms with Gasteiger partial charge in [-0.25, -0.2) is 0 Å². The van der Waals surface area contributed by atoms with Gasteiger partial charge in [-0.2, -0.15) is 10.1 Å². The second-order valence-corrected chi connectivity index (χ2v) is 8.10. The van der Waals surface area contributed by atoms with Gasteiger partial charge in [0.05, 0.1) is 28.0 Å². The predicted molar refractivity (Wildman–Crippen MR) is 108 cm³/mol. The van der Waals surface area contributed by atoms with Crippen LogP contribution >= 0.6 is 11.6 Å². The third-order valence-corrected chi connectivity index (χ3v) is 6.42. The van der Waals surface area contributed by atoms with E-state index in [4.69, 9.17) is 16.0 Å². The van der Waals surface area contributed by atoms with E-state index in [1.54, 1.807) is 12.1 Å². The number of amides is 2. The summed E-state index contributed by atoms with van der Waals surface area (Å²) in [4.78, 5) is 36.0. The summed E-state index contributed by atoms with van der Waals surface area (Å²) >= 11 is 6.15. The third-order valence-electron chi connectivity index (χ3n) is 6.09. The van der Waals surface area contributed by atoms with Gasteiger partial charge in [-0.05, 0) is 42.9 Å². The number of nitro groups is 1. The van der Waals surface area contributed by atoms with E-state index >= 15 is 0 Å². The average molecular weight is 426 g/mol. The molecule has 0 spiro atoms. The number of allylic oxidation sites excluding steroid dienone is 2. The van der Waals surface area contributed by atoms with E-state index in [0.717, 1.165) is 17.9 Å². The standard InChI is InChI=1S/C21H16ClN3O5/c22-16-7-5-13(25(28)29)9-15(16)17-8-6-14(30-17)10-23-24-20(26)18-11-1-2-12(4-3-11)19(18)21(24)27/h1-2,5-12,18-19H,3-4H2/b23-10-/t11-,12-,18+,19+/m0/s1. The molecule has 2 amide bonds. The lowest BCUT2D eigenvalue weighted by Gasteiger charge is -2.37. The van der Waals surface area contributed by atoms with E-state index in [1.807, 2.05) is 0 Å². The van der Waals surface area contributed by atoms with Gasteiger partial charge < -0.3 is 4.42 Å². The molecular formula is C21H16ClN3O5. The van der Waals surface area contributed by atoms with Crippen LogP contribution < -0.4 is 0 Å². The number of nitro benzene ring substituents is 1. The Hall–Kier alpha value is -3.26. The molecule has 1 saturated carbocycles. The van der Waals surface area contributed by atoms with Crippen molar-refractivity contribution in [2.24, 2.45) is 28.8 Å². The van der Waals surface area contributed by atoms with Crippen molar-refractivity contribution in [3.63, 3.8) is 0 Å². The SMILES string of the molecule is O=C1[C@H]2[C@H](C(=O)N1/N=C\c1ccc(-c3cc([N+](=O)[O-])ccc3Cl)o1)[C@H]1C=C[C@H]2CC1. The summed E-state index contributed by atoms with van der Waals surface area (Å²) < 4.78 is 5.67. The molecule has 2 aromatic rings. The molecule has 0 N–H and O–H groups in total. The number of rotatable bonds is 4. The maximum atomic E-state index is 12.8. The summed E-state index contributed by atoms with van der Waals surface area (Å²) in [5, 5.41) is 16.4. The normalized spacial score (nSPS) is 27.3. The smallest absolute Gasteiger partial charge is 0.270 e. The second-order valence-electron chi connectivity index (χ2n) is 7.70. The molecule has 2 bridgehead atoms. The molecule has 1 aromatic carbocycles. The number of carbonyl (C=O) groups excluding carboxylic acids is 2. The minimum Gasteiger partial charge on any atom is -0.455 e. The number of furan rings is 1. The van der Waals surface area contributed by atoms with Gasteiger partial charge in [0.2, 0.25) is 0 Å². The second kappa shape index (κ2) is 6.91. The number of hydrazone groups is 1. The van der Waals surface area contributed by atoms with Crippen molar-refractivity contribution in [3.8, 4) is 11.3 Å². The Morgan fingerprint density at radius 2 is 1.77 bits per heavy atom. The molecule has 30 heavy (non-hydrogen) atoms. The van der Waals surface area contributed by atoms with Crippen molar-refractivity contribution in [2.75, 3.05) is 0 Å². The number of benzene rings is 1. The first-order chi connectivity index (χ1) is 14.4. The lowest BCUT2D eigenvalue weighted by Crippen LogP contribution is -2.38. The van der Waals surface area contributed by atoms with Gasteiger partial charge in [0, 0.05) is 17.7 Å². The fourth-order valence-corrected chi connectivity index (χ4v) is 4.88. The Morgan fingerprint density at radius 1 is 1.10 bits per heavy atom. The highest BCUT2D eigenvalue weighted by molar-refractivity contribution is 6.33. The Kier molecular flexibility index (Phi) is 4.32. The van der Waals surface area contributed by atoms with Crippen molar-refractivity contribution in [1.29, 1.82) is 0 Å². The number of carbonyl (C=O) groups is 2. The zero-order valence-corrected chi connectivity index (χ0v) is 16.4. The first kappa shape index (κ1) is 18.7. The number of imide groups is 1. The van der Waals surface area contributed by atoms with E-state index in [2.05, 4.69) is 17.3 Å². The molecule has 0 radical (unpaired) electrons. The summed E-state index contributed by atoms with van der Waals surface area (Å²) in [6, 6.07) is 7.25.